The molecule has 0 aromatic carbocycles. The zero-order chi connectivity index (χ0) is 11.8. The Morgan fingerprint density at radius 2 is 2.25 bits per heavy atom. The summed E-state index contributed by atoms with van der Waals surface area (Å²) in [4.78, 5) is 15.7. The smallest absolute Gasteiger partial charge is 0.269 e. The lowest BCUT2D eigenvalue weighted by Crippen LogP contribution is -2.25. The SMILES string of the molecule is CCCCNC(=O)c1cc(NCC)ccn1. The van der Waals surface area contributed by atoms with Gasteiger partial charge in [-0.05, 0) is 25.5 Å². The Labute approximate surface area is 96.5 Å². The normalized spacial score (nSPS) is 9.88. The number of hydrogen-bond donors (Lipinski definition) is 2. The van der Waals surface area contributed by atoms with E-state index in [4.69, 9.17) is 0 Å². The van der Waals surface area contributed by atoms with Crippen LogP contribution in [0.15, 0.2) is 18.3 Å². The summed E-state index contributed by atoms with van der Waals surface area (Å²) in [6.07, 6.45) is 3.72. The second-order valence-corrected chi connectivity index (χ2v) is 3.57. The number of nitrogens with zero attached hydrogens (tertiary/aromatic N) is 1. The van der Waals surface area contributed by atoms with Crippen molar-refractivity contribution in [2.24, 2.45) is 0 Å². The van der Waals surface area contributed by atoms with E-state index in [2.05, 4.69) is 22.5 Å². The molecule has 0 bridgehead atoms. The molecule has 0 unspecified atom stereocenters. The molecule has 16 heavy (non-hydrogen) atoms. The predicted molar refractivity (Wildman–Crippen MR) is 65.6 cm³/mol. The number of hydrogen-bond acceptors (Lipinski definition) is 3. The van der Waals surface area contributed by atoms with Crippen molar-refractivity contribution >= 4 is 11.6 Å². The van der Waals surface area contributed by atoms with Gasteiger partial charge in [-0.1, -0.05) is 13.3 Å². The van der Waals surface area contributed by atoms with Crippen LogP contribution in [-0.2, 0) is 0 Å². The summed E-state index contributed by atoms with van der Waals surface area (Å²) >= 11 is 0. The molecule has 1 rings (SSSR count). The van der Waals surface area contributed by atoms with Crippen LogP contribution in [0, 0.1) is 0 Å². The number of amides is 1. The first-order valence-corrected chi connectivity index (χ1v) is 5.76. The van der Waals surface area contributed by atoms with Crippen LogP contribution in [0.25, 0.3) is 0 Å². The van der Waals surface area contributed by atoms with Crippen molar-refractivity contribution in [3.8, 4) is 0 Å². The summed E-state index contributed by atoms with van der Waals surface area (Å²) in [5.74, 6) is -0.104. The third kappa shape index (κ3) is 3.88. The van der Waals surface area contributed by atoms with Crippen molar-refractivity contribution < 1.29 is 4.79 Å². The summed E-state index contributed by atoms with van der Waals surface area (Å²) in [7, 11) is 0. The van der Waals surface area contributed by atoms with Crippen LogP contribution in [0.3, 0.4) is 0 Å². The molecule has 4 heteroatoms. The number of nitrogens with one attached hydrogen (secondary N) is 2. The van der Waals surface area contributed by atoms with E-state index in [1.807, 2.05) is 13.0 Å². The van der Waals surface area contributed by atoms with Gasteiger partial charge in [0.1, 0.15) is 5.69 Å². The van der Waals surface area contributed by atoms with Gasteiger partial charge < -0.3 is 10.6 Å². The van der Waals surface area contributed by atoms with Gasteiger partial charge in [0.2, 0.25) is 0 Å². The molecule has 88 valence electrons. The molecule has 0 fully saturated rings. The Morgan fingerprint density at radius 3 is 2.94 bits per heavy atom. The average Bonchev–Trinajstić information content (AvgIpc) is 2.30. The van der Waals surface area contributed by atoms with Crippen molar-refractivity contribution in [2.45, 2.75) is 26.7 Å². The Balaban J connectivity index is 2.57. The molecule has 0 saturated heterocycles. The van der Waals surface area contributed by atoms with E-state index >= 15 is 0 Å². The lowest BCUT2D eigenvalue weighted by atomic mass is 10.3. The molecule has 0 aliphatic carbocycles. The lowest BCUT2D eigenvalue weighted by molar-refractivity contribution is 0.0948. The zero-order valence-electron chi connectivity index (χ0n) is 9.92. The molecule has 4 nitrogen and oxygen atoms in total. The van der Waals surface area contributed by atoms with Crippen LogP contribution in [-0.4, -0.2) is 24.0 Å². The molecule has 2 N–H and O–H groups in total. The topological polar surface area (TPSA) is 54.0 Å². The number of pyridine rings is 1. The van der Waals surface area contributed by atoms with Gasteiger partial charge in [-0.15, -0.1) is 0 Å². The van der Waals surface area contributed by atoms with Crippen LogP contribution >= 0.6 is 0 Å². The summed E-state index contributed by atoms with van der Waals surface area (Å²) in [6, 6.07) is 3.62. The van der Waals surface area contributed by atoms with Crippen molar-refractivity contribution in [3.63, 3.8) is 0 Å². The fourth-order valence-corrected chi connectivity index (χ4v) is 1.34. The van der Waals surface area contributed by atoms with Crippen molar-refractivity contribution in [1.29, 1.82) is 0 Å². The second-order valence-electron chi connectivity index (χ2n) is 3.57. The molecule has 1 aromatic rings. The molecule has 0 saturated carbocycles. The van der Waals surface area contributed by atoms with Gasteiger partial charge in [0, 0.05) is 25.0 Å². The highest BCUT2D eigenvalue weighted by atomic mass is 16.1. The van der Waals surface area contributed by atoms with E-state index in [0.717, 1.165) is 25.1 Å². The number of rotatable bonds is 6. The van der Waals surface area contributed by atoms with Gasteiger partial charge in [0.05, 0.1) is 0 Å². The molecule has 0 aliphatic heterocycles. The molecule has 0 radical (unpaired) electrons. The van der Waals surface area contributed by atoms with Crippen molar-refractivity contribution in [1.82, 2.24) is 10.3 Å². The molecule has 1 aromatic heterocycles. The average molecular weight is 221 g/mol. The zero-order valence-corrected chi connectivity index (χ0v) is 9.92. The predicted octanol–water partition coefficient (Wildman–Crippen LogP) is 2.04. The fourth-order valence-electron chi connectivity index (χ4n) is 1.34. The summed E-state index contributed by atoms with van der Waals surface area (Å²) in [5, 5.41) is 5.99. The Bertz CT molecular complexity index is 339. The minimum atomic E-state index is -0.104. The third-order valence-electron chi connectivity index (χ3n) is 2.19. The lowest BCUT2D eigenvalue weighted by Gasteiger charge is -2.06. The maximum absolute atomic E-state index is 11.7. The third-order valence-corrected chi connectivity index (χ3v) is 2.19. The fraction of sp³-hybridized carbons (Fsp3) is 0.500. The minimum absolute atomic E-state index is 0.104. The quantitative estimate of drug-likeness (QED) is 0.723. The van der Waals surface area contributed by atoms with Gasteiger partial charge >= 0.3 is 0 Å². The molecule has 0 spiro atoms. The first-order chi connectivity index (χ1) is 7.77. The molecular weight excluding hydrogens is 202 g/mol. The highest BCUT2D eigenvalue weighted by molar-refractivity contribution is 5.93. The van der Waals surface area contributed by atoms with Gasteiger partial charge in [0.25, 0.3) is 5.91 Å². The van der Waals surface area contributed by atoms with E-state index in [9.17, 15) is 4.79 Å². The second kappa shape index (κ2) is 6.82. The van der Waals surface area contributed by atoms with Gasteiger partial charge in [0.15, 0.2) is 0 Å². The highest BCUT2D eigenvalue weighted by Gasteiger charge is 2.06. The van der Waals surface area contributed by atoms with E-state index in [1.165, 1.54) is 0 Å². The molecular formula is C12H19N3O. The highest BCUT2D eigenvalue weighted by Crippen LogP contribution is 2.07. The molecule has 0 atom stereocenters. The van der Waals surface area contributed by atoms with Crippen LogP contribution < -0.4 is 10.6 Å². The maximum atomic E-state index is 11.7. The van der Waals surface area contributed by atoms with Gasteiger partial charge in [-0.2, -0.15) is 0 Å². The van der Waals surface area contributed by atoms with Crippen LogP contribution in [0.2, 0.25) is 0 Å². The van der Waals surface area contributed by atoms with Crippen molar-refractivity contribution in [2.75, 3.05) is 18.4 Å². The van der Waals surface area contributed by atoms with E-state index in [1.54, 1.807) is 12.3 Å². The molecule has 1 amide bonds. The number of carbonyl (C=O) groups is 1. The van der Waals surface area contributed by atoms with E-state index < -0.39 is 0 Å². The van der Waals surface area contributed by atoms with Crippen LogP contribution in [0.1, 0.15) is 37.2 Å². The summed E-state index contributed by atoms with van der Waals surface area (Å²) in [6.45, 7) is 5.65. The minimum Gasteiger partial charge on any atom is -0.385 e. The first kappa shape index (κ1) is 12.5. The largest absolute Gasteiger partial charge is 0.385 e. The van der Waals surface area contributed by atoms with Crippen LogP contribution in [0.4, 0.5) is 5.69 Å². The van der Waals surface area contributed by atoms with Gasteiger partial charge in [-0.3, -0.25) is 9.78 Å². The molecule has 1 heterocycles. The summed E-state index contributed by atoms with van der Waals surface area (Å²) in [5.41, 5.74) is 1.40. The van der Waals surface area contributed by atoms with Crippen LogP contribution in [0.5, 0.6) is 0 Å². The monoisotopic (exact) mass is 221 g/mol. The maximum Gasteiger partial charge on any atom is 0.269 e. The van der Waals surface area contributed by atoms with Crippen molar-refractivity contribution in [3.05, 3.63) is 24.0 Å². The number of aromatic nitrogens is 1. The Kier molecular flexibility index (Phi) is 5.32. The number of anilines is 1. The number of carbonyl (C=O) groups excluding carboxylic acids is 1. The summed E-state index contributed by atoms with van der Waals surface area (Å²) < 4.78 is 0. The van der Waals surface area contributed by atoms with E-state index in [-0.39, 0.29) is 5.91 Å². The number of unbranched alkanes of at least 4 members (excludes halogenated alkanes) is 1. The molecule has 0 aliphatic rings. The standard InChI is InChI=1S/C12H19N3O/c1-3-5-7-15-12(16)11-9-10(13-4-2)6-8-14-11/h6,8-9H,3-5,7H2,1-2H3,(H,13,14)(H,15,16). The first-order valence-electron chi connectivity index (χ1n) is 5.76. The Hall–Kier alpha value is -1.58. The Morgan fingerprint density at radius 1 is 1.44 bits per heavy atom. The van der Waals surface area contributed by atoms with Gasteiger partial charge in [-0.25, -0.2) is 0 Å². The van der Waals surface area contributed by atoms with E-state index in [0.29, 0.717) is 12.2 Å².